The van der Waals surface area contributed by atoms with Gasteiger partial charge in [0, 0.05) is 12.6 Å². The molecule has 1 aromatic carbocycles. The number of nitro benzene ring substituents is 1. The van der Waals surface area contributed by atoms with Crippen molar-refractivity contribution in [2.45, 2.75) is 31.7 Å². The van der Waals surface area contributed by atoms with E-state index in [0.29, 0.717) is 12.0 Å². The Balaban J connectivity index is 2.90. The number of nitrogens with zero attached hydrogens (tertiary/aromatic N) is 1. The lowest BCUT2D eigenvalue weighted by molar-refractivity contribution is -0.384. The fourth-order valence-electron chi connectivity index (χ4n) is 1.87. The number of halogens is 1. The molecule has 0 saturated carbocycles. The highest BCUT2D eigenvalue weighted by molar-refractivity contribution is 6.31. The summed E-state index contributed by atoms with van der Waals surface area (Å²) in [5, 5.41) is 51.2. The van der Waals surface area contributed by atoms with E-state index in [-0.39, 0.29) is 22.9 Å². The first-order chi connectivity index (χ1) is 10.3. The van der Waals surface area contributed by atoms with E-state index in [1.807, 2.05) is 6.92 Å². The molecule has 9 heteroatoms. The molecule has 0 heterocycles. The van der Waals surface area contributed by atoms with E-state index < -0.39 is 29.8 Å². The molecule has 0 fully saturated rings. The Hall–Kier alpha value is -1.45. The number of nitro groups is 1. The van der Waals surface area contributed by atoms with E-state index in [0.717, 1.165) is 0 Å². The summed E-state index contributed by atoms with van der Waals surface area (Å²) < 4.78 is 0. The van der Waals surface area contributed by atoms with Crippen molar-refractivity contribution in [2.24, 2.45) is 0 Å². The molecule has 0 bridgehead atoms. The standard InChI is InChI=1S/C13H19ClN2O6/c1-2-7-3-9(10(16(21)22)4-8(7)14)15-5-11(18)13(20)12(19)6-17/h3-4,11-13,15,17-20H,2,5-6H2,1H3/t11-,12-,13-/m1/s1. The number of anilines is 1. The van der Waals surface area contributed by atoms with Crippen LogP contribution in [0.3, 0.4) is 0 Å². The van der Waals surface area contributed by atoms with E-state index in [9.17, 15) is 25.4 Å². The van der Waals surface area contributed by atoms with Crippen molar-refractivity contribution in [3.05, 3.63) is 32.8 Å². The lowest BCUT2D eigenvalue weighted by Gasteiger charge is -2.22. The molecule has 1 rings (SSSR count). The number of nitrogens with one attached hydrogen (secondary N) is 1. The third kappa shape index (κ3) is 4.52. The maximum absolute atomic E-state index is 11.0. The summed E-state index contributed by atoms with van der Waals surface area (Å²) in [7, 11) is 0. The Bertz CT molecular complexity index is 527. The van der Waals surface area contributed by atoms with Crippen LogP contribution in [0.4, 0.5) is 11.4 Å². The van der Waals surface area contributed by atoms with Gasteiger partial charge in [-0.05, 0) is 18.1 Å². The summed E-state index contributed by atoms with van der Waals surface area (Å²) in [5.74, 6) is 0. The molecule has 5 N–H and O–H groups in total. The van der Waals surface area contributed by atoms with Crippen LogP contribution in [0.25, 0.3) is 0 Å². The minimum atomic E-state index is -1.57. The van der Waals surface area contributed by atoms with Crippen LogP contribution in [0.15, 0.2) is 12.1 Å². The average Bonchev–Trinajstić information content (AvgIpc) is 2.51. The van der Waals surface area contributed by atoms with Crippen LogP contribution < -0.4 is 5.32 Å². The SMILES string of the molecule is CCc1cc(NC[C@@H](O)[C@@H](O)[C@H](O)CO)c([N+](=O)[O-])cc1Cl. The number of aliphatic hydroxyl groups is 4. The largest absolute Gasteiger partial charge is 0.394 e. The van der Waals surface area contributed by atoms with Gasteiger partial charge in [0.2, 0.25) is 0 Å². The smallest absolute Gasteiger partial charge is 0.293 e. The Labute approximate surface area is 132 Å². The molecule has 0 aromatic heterocycles. The van der Waals surface area contributed by atoms with E-state index in [4.69, 9.17) is 16.7 Å². The molecule has 0 amide bonds. The monoisotopic (exact) mass is 334 g/mol. The average molecular weight is 335 g/mol. The molecular formula is C13H19ClN2O6. The van der Waals surface area contributed by atoms with Crippen molar-refractivity contribution in [1.82, 2.24) is 0 Å². The normalized spacial score (nSPS) is 15.2. The Morgan fingerprint density at radius 1 is 1.32 bits per heavy atom. The van der Waals surface area contributed by atoms with Crippen molar-refractivity contribution in [3.8, 4) is 0 Å². The molecule has 22 heavy (non-hydrogen) atoms. The third-order valence-corrected chi connectivity index (χ3v) is 3.57. The van der Waals surface area contributed by atoms with Gasteiger partial charge in [-0.15, -0.1) is 0 Å². The summed E-state index contributed by atoms with van der Waals surface area (Å²) in [5.41, 5.74) is 0.586. The molecule has 3 atom stereocenters. The van der Waals surface area contributed by atoms with E-state index in [1.165, 1.54) is 12.1 Å². The van der Waals surface area contributed by atoms with Crippen LogP contribution in [-0.4, -0.2) is 56.8 Å². The molecule has 8 nitrogen and oxygen atoms in total. The fraction of sp³-hybridized carbons (Fsp3) is 0.538. The zero-order valence-corrected chi connectivity index (χ0v) is 12.7. The van der Waals surface area contributed by atoms with E-state index >= 15 is 0 Å². The minimum Gasteiger partial charge on any atom is -0.394 e. The molecule has 0 spiro atoms. The molecule has 0 radical (unpaired) electrons. The predicted molar refractivity (Wildman–Crippen MR) is 81.1 cm³/mol. The third-order valence-electron chi connectivity index (χ3n) is 3.22. The van der Waals surface area contributed by atoms with Crippen LogP contribution in [0.1, 0.15) is 12.5 Å². The summed E-state index contributed by atoms with van der Waals surface area (Å²) in [6, 6.07) is 2.72. The van der Waals surface area contributed by atoms with Crippen LogP contribution in [0, 0.1) is 10.1 Å². The number of aliphatic hydroxyl groups excluding tert-OH is 4. The molecule has 0 aliphatic rings. The van der Waals surface area contributed by atoms with Crippen molar-refractivity contribution >= 4 is 23.0 Å². The number of benzene rings is 1. The number of hydrogen-bond donors (Lipinski definition) is 5. The highest BCUT2D eigenvalue weighted by Gasteiger charge is 2.25. The second-order valence-electron chi connectivity index (χ2n) is 4.76. The van der Waals surface area contributed by atoms with Gasteiger partial charge in [-0.25, -0.2) is 0 Å². The van der Waals surface area contributed by atoms with Crippen molar-refractivity contribution in [1.29, 1.82) is 0 Å². The summed E-state index contributed by atoms with van der Waals surface area (Å²) in [6.45, 7) is 0.885. The highest BCUT2D eigenvalue weighted by atomic mass is 35.5. The highest BCUT2D eigenvalue weighted by Crippen LogP contribution is 2.31. The molecule has 0 aliphatic heterocycles. The van der Waals surface area contributed by atoms with E-state index in [2.05, 4.69) is 5.32 Å². The van der Waals surface area contributed by atoms with Gasteiger partial charge in [-0.2, -0.15) is 0 Å². The first-order valence-corrected chi connectivity index (χ1v) is 7.05. The van der Waals surface area contributed by atoms with Gasteiger partial charge in [0.25, 0.3) is 5.69 Å². The van der Waals surface area contributed by atoms with Crippen LogP contribution in [0.5, 0.6) is 0 Å². The molecule has 1 aromatic rings. The van der Waals surface area contributed by atoms with Gasteiger partial charge in [0.1, 0.15) is 17.9 Å². The zero-order chi connectivity index (χ0) is 16.9. The Morgan fingerprint density at radius 3 is 2.45 bits per heavy atom. The second-order valence-corrected chi connectivity index (χ2v) is 5.17. The number of rotatable bonds is 8. The summed E-state index contributed by atoms with van der Waals surface area (Å²) >= 11 is 5.94. The number of hydrogen-bond acceptors (Lipinski definition) is 7. The lowest BCUT2D eigenvalue weighted by Crippen LogP contribution is -2.42. The predicted octanol–water partition coefficient (Wildman–Crippen LogP) is 0.298. The van der Waals surface area contributed by atoms with Crippen LogP contribution >= 0.6 is 11.6 Å². The van der Waals surface area contributed by atoms with Crippen LogP contribution in [0.2, 0.25) is 5.02 Å². The van der Waals surface area contributed by atoms with Crippen LogP contribution in [-0.2, 0) is 6.42 Å². The van der Waals surface area contributed by atoms with Gasteiger partial charge in [-0.3, -0.25) is 10.1 Å². The molecule has 0 saturated heterocycles. The lowest BCUT2D eigenvalue weighted by atomic mass is 10.1. The minimum absolute atomic E-state index is 0.149. The maximum atomic E-state index is 11.0. The molecule has 0 unspecified atom stereocenters. The first kappa shape index (κ1) is 18.6. The van der Waals surface area contributed by atoms with Gasteiger partial charge in [-0.1, -0.05) is 18.5 Å². The summed E-state index contributed by atoms with van der Waals surface area (Å²) in [4.78, 5) is 10.4. The zero-order valence-electron chi connectivity index (χ0n) is 11.9. The topological polar surface area (TPSA) is 136 Å². The molecule has 124 valence electrons. The number of aryl methyl sites for hydroxylation is 1. The second kappa shape index (κ2) is 8.25. The Morgan fingerprint density at radius 2 is 1.95 bits per heavy atom. The maximum Gasteiger partial charge on any atom is 0.293 e. The van der Waals surface area contributed by atoms with Crippen molar-refractivity contribution in [2.75, 3.05) is 18.5 Å². The quantitative estimate of drug-likeness (QED) is 0.340. The Kier molecular flexibility index (Phi) is 6.98. The van der Waals surface area contributed by atoms with Gasteiger partial charge in [0.15, 0.2) is 0 Å². The van der Waals surface area contributed by atoms with Crippen molar-refractivity contribution < 1.29 is 25.3 Å². The summed E-state index contributed by atoms with van der Waals surface area (Å²) in [6.07, 6.45) is -3.92. The van der Waals surface area contributed by atoms with Gasteiger partial charge < -0.3 is 25.7 Å². The first-order valence-electron chi connectivity index (χ1n) is 6.67. The van der Waals surface area contributed by atoms with Gasteiger partial charge >= 0.3 is 0 Å². The molecular weight excluding hydrogens is 316 g/mol. The van der Waals surface area contributed by atoms with Crippen molar-refractivity contribution in [3.63, 3.8) is 0 Å². The van der Waals surface area contributed by atoms with E-state index in [1.54, 1.807) is 0 Å². The molecule has 0 aliphatic carbocycles. The fourth-order valence-corrected chi connectivity index (χ4v) is 2.16. The van der Waals surface area contributed by atoms with Gasteiger partial charge in [0.05, 0.1) is 22.7 Å².